The lowest BCUT2D eigenvalue weighted by Crippen LogP contribution is -2.23. The van der Waals surface area contributed by atoms with Crippen LogP contribution in [0.1, 0.15) is 27.2 Å². The minimum absolute atomic E-state index is 0.106. The zero-order chi connectivity index (χ0) is 28.2. The number of pyridine rings is 1. The molecule has 1 amide bonds. The number of hydrogen-bond donors (Lipinski definition) is 2. The largest absolute Gasteiger partial charge is 0.359 e. The van der Waals surface area contributed by atoms with Crippen LogP contribution < -0.4 is 10.2 Å². The molecule has 0 saturated carbocycles. The molecule has 2 N–H and O–H groups in total. The molecule has 1 aliphatic heterocycles. The molecular formula is C31H25FN8O. The molecule has 10 heteroatoms. The molecule has 9 nitrogen and oxygen atoms in total. The normalized spacial score (nSPS) is 12.8. The number of anilines is 3. The number of nitrogens with one attached hydrogen (secondary N) is 2. The summed E-state index contributed by atoms with van der Waals surface area (Å²) >= 11 is 0. The summed E-state index contributed by atoms with van der Waals surface area (Å²) in [6.45, 7) is 4.31. The third-order valence-corrected chi connectivity index (χ3v) is 7.55. The second-order valence-corrected chi connectivity index (χ2v) is 10.2. The van der Waals surface area contributed by atoms with Crippen molar-refractivity contribution in [3.63, 3.8) is 0 Å². The maximum absolute atomic E-state index is 14.0. The van der Waals surface area contributed by atoms with E-state index in [9.17, 15) is 9.18 Å². The fraction of sp³-hybridized carbons (Fsp3) is 0.129. The first kappa shape index (κ1) is 24.6. The number of nitrogens with zero attached hydrogens (tertiary/aromatic N) is 6. The third-order valence-electron chi connectivity index (χ3n) is 7.55. The van der Waals surface area contributed by atoms with Crippen LogP contribution in [-0.4, -0.2) is 35.6 Å². The Kier molecular flexibility index (Phi) is 5.63. The minimum atomic E-state index is -0.418. The molecule has 0 aliphatic carbocycles. The van der Waals surface area contributed by atoms with Gasteiger partial charge < -0.3 is 15.2 Å². The van der Waals surface area contributed by atoms with Crippen LogP contribution in [0.15, 0.2) is 73.3 Å². The van der Waals surface area contributed by atoms with E-state index in [-0.39, 0.29) is 5.91 Å². The van der Waals surface area contributed by atoms with Gasteiger partial charge in [0, 0.05) is 59.5 Å². The summed E-state index contributed by atoms with van der Waals surface area (Å²) in [7, 11) is 1.88. The second-order valence-electron chi connectivity index (χ2n) is 10.2. The fourth-order valence-corrected chi connectivity index (χ4v) is 5.43. The standard InChI is InChI=1S/C31H25FN8O/c1-17-12-35-31(36-27-10-18(2)39(3)38-27)37-28(17)24-15-34-29-22(24)7-5-9-26(29)40-16-25-21(6-4-8-23(25)30(40)41)19-11-20(32)14-33-13-19/h4-15,34H,16H2,1-3H3,(H,35,36,37,38). The van der Waals surface area contributed by atoms with E-state index in [0.29, 0.717) is 29.4 Å². The van der Waals surface area contributed by atoms with E-state index < -0.39 is 5.82 Å². The van der Waals surface area contributed by atoms with Gasteiger partial charge in [-0.05, 0) is 48.7 Å². The van der Waals surface area contributed by atoms with E-state index in [1.807, 2.05) is 69.6 Å². The molecule has 202 valence electrons. The number of hydrogen-bond acceptors (Lipinski definition) is 6. The Bertz CT molecular complexity index is 1970. The predicted molar refractivity (Wildman–Crippen MR) is 155 cm³/mol. The molecule has 0 unspecified atom stereocenters. The minimum Gasteiger partial charge on any atom is -0.359 e. The number of amides is 1. The number of aromatic amines is 1. The van der Waals surface area contributed by atoms with Crippen molar-refractivity contribution in [2.75, 3.05) is 10.2 Å². The lowest BCUT2D eigenvalue weighted by molar-refractivity contribution is 0.0997. The summed E-state index contributed by atoms with van der Waals surface area (Å²) in [5, 5.41) is 8.56. The first-order chi connectivity index (χ1) is 19.9. The highest BCUT2D eigenvalue weighted by Crippen LogP contribution is 2.40. The van der Waals surface area contributed by atoms with Gasteiger partial charge in [0.1, 0.15) is 5.82 Å². The molecule has 2 aromatic carbocycles. The number of benzene rings is 2. The molecule has 0 saturated heterocycles. The van der Waals surface area contributed by atoms with Gasteiger partial charge in [0.2, 0.25) is 5.95 Å². The molecule has 4 aromatic heterocycles. The number of halogens is 1. The molecule has 0 bridgehead atoms. The summed E-state index contributed by atoms with van der Waals surface area (Å²) in [5.74, 6) is 0.587. The van der Waals surface area contributed by atoms with Crippen molar-refractivity contribution < 1.29 is 9.18 Å². The zero-order valence-corrected chi connectivity index (χ0v) is 22.6. The molecular weight excluding hydrogens is 519 g/mol. The lowest BCUT2D eigenvalue weighted by Gasteiger charge is -2.17. The Morgan fingerprint density at radius 2 is 1.83 bits per heavy atom. The summed E-state index contributed by atoms with van der Waals surface area (Å²) < 4.78 is 15.7. The number of carbonyl (C=O) groups is 1. The van der Waals surface area contributed by atoms with Gasteiger partial charge in [-0.2, -0.15) is 5.10 Å². The van der Waals surface area contributed by atoms with Gasteiger partial charge >= 0.3 is 0 Å². The van der Waals surface area contributed by atoms with Crippen LogP contribution in [0.5, 0.6) is 0 Å². The Morgan fingerprint density at radius 3 is 2.63 bits per heavy atom. The fourth-order valence-electron chi connectivity index (χ4n) is 5.43. The van der Waals surface area contributed by atoms with Crippen molar-refractivity contribution in [2.45, 2.75) is 20.4 Å². The van der Waals surface area contributed by atoms with E-state index >= 15 is 0 Å². The maximum atomic E-state index is 14.0. The molecule has 0 atom stereocenters. The average Bonchev–Trinajstić information content (AvgIpc) is 3.64. The maximum Gasteiger partial charge on any atom is 0.259 e. The van der Waals surface area contributed by atoms with E-state index in [1.54, 1.807) is 22.0 Å². The highest BCUT2D eigenvalue weighted by molar-refractivity contribution is 6.15. The number of fused-ring (bicyclic) bond motifs is 2. The molecule has 7 rings (SSSR count). The van der Waals surface area contributed by atoms with E-state index in [4.69, 9.17) is 4.98 Å². The van der Waals surface area contributed by atoms with Gasteiger partial charge in [-0.25, -0.2) is 14.4 Å². The van der Waals surface area contributed by atoms with Crippen LogP contribution in [0, 0.1) is 19.7 Å². The average molecular weight is 545 g/mol. The summed E-state index contributed by atoms with van der Waals surface area (Å²) in [4.78, 5) is 32.1. The van der Waals surface area contributed by atoms with E-state index in [1.165, 1.54) is 12.3 Å². The lowest BCUT2D eigenvalue weighted by atomic mass is 9.98. The van der Waals surface area contributed by atoms with Crippen molar-refractivity contribution in [1.82, 2.24) is 29.7 Å². The van der Waals surface area contributed by atoms with Crippen LogP contribution in [0.2, 0.25) is 0 Å². The van der Waals surface area contributed by atoms with Crippen molar-refractivity contribution in [1.29, 1.82) is 0 Å². The number of carbonyl (C=O) groups excluding carboxylic acids is 1. The molecule has 5 heterocycles. The van der Waals surface area contributed by atoms with Gasteiger partial charge in [-0.1, -0.05) is 24.3 Å². The summed E-state index contributed by atoms with van der Waals surface area (Å²) in [6.07, 6.45) is 6.49. The van der Waals surface area contributed by atoms with Crippen molar-refractivity contribution >= 4 is 34.3 Å². The Balaban J connectivity index is 1.26. The van der Waals surface area contributed by atoms with Crippen LogP contribution in [0.3, 0.4) is 0 Å². The number of rotatable bonds is 5. The molecule has 1 aliphatic rings. The smallest absolute Gasteiger partial charge is 0.259 e. The Labute approximate surface area is 234 Å². The number of aryl methyl sites for hydroxylation is 3. The van der Waals surface area contributed by atoms with Gasteiger partial charge in [0.15, 0.2) is 5.82 Å². The summed E-state index contributed by atoms with van der Waals surface area (Å²) in [6, 6.07) is 14.8. The SMILES string of the molecule is Cc1cnc(Nc2cc(C)n(C)n2)nc1-c1c[nH]c2c(N3Cc4c(cccc4-c4cncc(F)c4)C3=O)cccc12. The van der Waals surface area contributed by atoms with Crippen LogP contribution in [0.25, 0.3) is 33.3 Å². The molecule has 6 aromatic rings. The topological polar surface area (TPSA) is 105 Å². The Hall–Kier alpha value is -5.38. The van der Waals surface area contributed by atoms with E-state index in [0.717, 1.165) is 50.2 Å². The quantitative estimate of drug-likeness (QED) is 0.273. The number of para-hydroxylation sites is 1. The van der Waals surface area contributed by atoms with Crippen molar-refractivity contribution in [3.05, 3.63) is 102 Å². The monoisotopic (exact) mass is 544 g/mol. The third kappa shape index (κ3) is 4.11. The number of H-pyrrole nitrogens is 1. The Morgan fingerprint density at radius 1 is 1.00 bits per heavy atom. The molecule has 0 spiro atoms. The van der Waals surface area contributed by atoms with Crippen molar-refractivity contribution in [3.8, 4) is 22.4 Å². The zero-order valence-electron chi connectivity index (χ0n) is 22.6. The molecule has 0 fully saturated rings. The van der Waals surface area contributed by atoms with Gasteiger partial charge in [-0.3, -0.25) is 14.5 Å². The predicted octanol–water partition coefficient (Wildman–Crippen LogP) is 6.08. The van der Waals surface area contributed by atoms with Gasteiger partial charge in [-0.15, -0.1) is 0 Å². The van der Waals surface area contributed by atoms with Crippen molar-refractivity contribution in [2.24, 2.45) is 7.05 Å². The highest BCUT2D eigenvalue weighted by atomic mass is 19.1. The summed E-state index contributed by atoms with van der Waals surface area (Å²) in [5.41, 5.74) is 8.07. The van der Waals surface area contributed by atoms with Crippen LogP contribution >= 0.6 is 0 Å². The highest BCUT2D eigenvalue weighted by Gasteiger charge is 2.32. The van der Waals surface area contributed by atoms with E-state index in [2.05, 4.69) is 25.4 Å². The van der Waals surface area contributed by atoms with Gasteiger partial charge in [0.25, 0.3) is 5.91 Å². The van der Waals surface area contributed by atoms with Crippen LogP contribution in [0.4, 0.5) is 21.8 Å². The first-order valence-electron chi connectivity index (χ1n) is 13.1. The van der Waals surface area contributed by atoms with Crippen LogP contribution in [-0.2, 0) is 13.6 Å². The second kappa shape index (κ2) is 9.37. The molecule has 0 radical (unpaired) electrons. The van der Waals surface area contributed by atoms with Gasteiger partial charge in [0.05, 0.1) is 29.6 Å². The molecule has 41 heavy (non-hydrogen) atoms. The first-order valence-corrected chi connectivity index (χ1v) is 13.1. The number of aromatic nitrogens is 6.